The number of halogens is 1. The highest BCUT2D eigenvalue weighted by Gasteiger charge is 2.47. The van der Waals surface area contributed by atoms with Crippen molar-refractivity contribution in [3.05, 3.63) is 65.7 Å². The van der Waals surface area contributed by atoms with E-state index >= 15 is 0 Å². The van der Waals surface area contributed by atoms with Gasteiger partial charge in [0.2, 0.25) is 5.91 Å². The van der Waals surface area contributed by atoms with E-state index < -0.39 is 0 Å². The predicted molar refractivity (Wildman–Crippen MR) is 118 cm³/mol. The van der Waals surface area contributed by atoms with Gasteiger partial charge in [0.25, 0.3) is 5.91 Å². The van der Waals surface area contributed by atoms with Gasteiger partial charge in [0.05, 0.1) is 13.7 Å². The van der Waals surface area contributed by atoms with Crippen LogP contribution in [-0.4, -0.2) is 62.0 Å². The quantitative estimate of drug-likeness (QED) is 0.793. The van der Waals surface area contributed by atoms with Crippen LogP contribution in [0.5, 0.6) is 5.75 Å². The average molecular weight is 430 g/mol. The normalized spacial score (nSPS) is 22.9. The van der Waals surface area contributed by atoms with E-state index in [2.05, 4.69) is 29.4 Å². The Kier molecular flexibility index (Phi) is 7.00. The summed E-state index contributed by atoms with van der Waals surface area (Å²) < 4.78 is 5.27. The van der Waals surface area contributed by atoms with E-state index in [4.69, 9.17) is 4.74 Å². The topological polar surface area (TPSA) is 61.9 Å². The lowest BCUT2D eigenvalue weighted by atomic mass is 9.89. The Morgan fingerprint density at radius 3 is 2.40 bits per heavy atom. The van der Waals surface area contributed by atoms with E-state index in [1.165, 1.54) is 5.56 Å². The number of hydrogen-bond donors (Lipinski definition) is 1. The molecular weight excluding hydrogens is 402 g/mol. The van der Waals surface area contributed by atoms with Gasteiger partial charge >= 0.3 is 0 Å². The first-order chi connectivity index (χ1) is 14.1. The molecule has 0 unspecified atom stereocenters. The molecule has 6 nitrogen and oxygen atoms in total. The van der Waals surface area contributed by atoms with Crippen LogP contribution in [0.3, 0.4) is 0 Å². The average Bonchev–Trinajstić information content (AvgIpc) is 3.29. The second-order valence-electron chi connectivity index (χ2n) is 7.93. The van der Waals surface area contributed by atoms with Crippen LogP contribution in [-0.2, 0) is 4.79 Å². The Morgan fingerprint density at radius 2 is 1.73 bits per heavy atom. The van der Waals surface area contributed by atoms with Crippen molar-refractivity contribution in [2.75, 3.05) is 40.3 Å². The summed E-state index contributed by atoms with van der Waals surface area (Å²) in [5.41, 5.74) is 1.83. The smallest absolute Gasteiger partial charge is 0.251 e. The Bertz CT molecular complexity index is 875. The van der Waals surface area contributed by atoms with E-state index in [0.29, 0.717) is 23.4 Å². The number of nitrogens with zero attached hydrogens (tertiary/aromatic N) is 2. The summed E-state index contributed by atoms with van der Waals surface area (Å²) in [7, 11) is 3.82. The van der Waals surface area contributed by atoms with Crippen molar-refractivity contribution in [3.8, 4) is 5.75 Å². The monoisotopic (exact) mass is 429 g/mol. The number of carbonyl (C=O) groups is 2. The number of benzene rings is 2. The molecule has 2 fully saturated rings. The summed E-state index contributed by atoms with van der Waals surface area (Å²) in [6.07, 6.45) is 0. The maximum atomic E-state index is 12.7. The molecule has 0 aliphatic carbocycles. The zero-order valence-electron chi connectivity index (χ0n) is 17.3. The molecular formula is C23H28ClN3O3. The molecule has 0 radical (unpaired) electrons. The molecule has 2 aliphatic heterocycles. The van der Waals surface area contributed by atoms with Crippen molar-refractivity contribution in [2.45, 2.75) is 6.04 Å². The van der Waals surface area contributed by atoms with E-state index in [1.54, 1.807) is 19.2 Å². The molecule has 2 aromatic rings. The summed E-state index contributed by atoms with van der Waals surface area (Å²) in [6, 6.07) is 17.5. The molecule has 0 saturated carbocycles. The highest BCUT2D eigenvalue weighted by atomic mass is 35.5. The number of hydrogen-bond acceptors (Lipinski definition) is 4. The fourth-order valence-electron chi connectivity index (χ4n) is 4.72. The minimum atomic E-state index is -0.214. The predicted octanol–water partition coefficient (Wildman–Crippen LogP) is 2.61. The third kappa shape index (κ3) is 4.45. The zero-order valence-corrected chi connectivity index (χ0v) is 18.1. The molecule has 160 valence electrons. The minimum absolute atomic E-state index is 0. The first kappa shape index (κ1) is 22.1. The van der Waals surface area contributed by atoms with Crippen molar-refractivity contribution in [3.63, 3.8) is 0 Å². The summed E-state index contributed by atoms with van der Waals surface area (Å²) in [4.78, 5) is 29.2. The van der Waals surface area contributed by atoms with Gasteiger partial charge in [-0.25, -0.2) is 0 Å². The van der Waals surface area contributed by atoms with Crippen LogP contribution in [0.1, 0.15) is 22.0 Å². The fourth-order valence-corrected chi connectivity index (χ4v) is 4.72. The molecule has 2 amide bonds. The van der Waals surface area contributed by atoms with Crippen LogP contribution in [0.4, 0.5) is 0 Å². The van der Waals surface area contributed by atoms with Gasteiger partial charge in [-0.05, 0) is 42.8 Å². The molecule has 4 rings (SSSR count). The van der Waals surface area contributed by atoms with Gasteiger partial charge in [-0.1, -0.05) is 30.3 Å². The fraction of sp³-hybridized carbons (Fsp3) is 0.391. The lowest BCUT2D eigenvalue weighted by Gasteiger charge is -2.27. The van der Waals surface area contributed by atoms with Crippen LogP contribution in [0.2, 0.25) is 0 Å². The molecule has 1 N–H and O–H groups in total. The Balaban J connectivity index is 0.00000256. The standard InChI is InChI=1S/C23H27N3O3.ClH/c1-25-13-18-14-26(21(27)12-24-23(28)17-6-4-3-5-7-17)15-20(18)22(25)16-8-10-19(29-2)11-9-16;/h3-11,18,20,22H,12-15H2,1-2H3,(H,24,28);1H/t18-,20+,22-;/m0./s1. The van der Waals surface area contributed by atoms with Gasteiger partial charge in [0.1, 0.15) is 5.75 Å². The molecule has 3 atom stereocenters. The van der Waals surface area contributed by atoms with E-state index in [-0.39, 0.29) is 30.8 Å². The van der Waals surface area contributed by atoms with Crippen molar-refractivity contribution >= 4 is 24.2 Å². The molecule has 2 heterocycles. The van der Waals surface area contributed by atoms with E-state index in [9.17, 15) is 9.59 Å². The summed E-state index contributed by atoms with van der Waals surface area (Å²) in [5.74, 6) is 1.49. The van der Waals surface area contributed by atoms with Gasteiger partial charge in [-0.3, -0.25) is 14.5 Å². The third-order valence-electron chi connectivity index (χ3n) is 6.14. The summed E-state index contributed by atoms with van der Waals surface area (Å²) >= 11 is 0. The number of nitrogens with one attached hydrogen (secondary N) is 1. The second-order valence-corrected chi connectivity index (χ2v) is 7.93. The van der Waals surface area contributed by atoms with Crippen molar-refractivity contribution in [1.29, 1.82) is 0 Å². The lowest BCUT2D eigenvalue weighted by molar-refractivity contribution is -0.129. The van der Waals surface area contributed by atoms with E-state index in [0.717, 1.165) is 25.4 Å². The first-order valence-corrected chi connectivity index (χ1v) is 10.0. The number of carbonyl (C=O) groups excluding carboxylic acids is 2. The highest BCUT2D eigenvalue weighted by Crippen LogP contribution is 2.44. The molecule has 0 bridgehead atoms. The molecule has 0 spiro atoms. The first-order valence-electron chi connectivity index (χ1n) is 10.0. The maximum Gasteiger partial charge on any atom is 0.251 e. The van der Waals surface area contributed by atoms with Crippen molar-refractivity contribution in [2.24, 2.45) is 11.8 Å². The van der Waals surface area contributed by atoms with Gasteiger partial charge in [0, 0.05) is 37.2 Å². The maximum absolute atomic E-state index is 12.7. The van der Waals surface area contributed by atoms with Crippen LogP contribution in [0.25, 0.3) is 0 Å². The lowest BCUT2D eigenvalue weighted by Crippen LogP contribution is -2.40. The molecule has 7 heteroatoms. The number of likely N-dealkylation sites (tertiary alicyclic amines) is 2. The number of ether oxygens (including phenoxy) is 1. The van der Waals surface area contributed by atoms with Crippen LogP contribution < -0.4 is 10.1 Å². The molecule has 30 heavy (non-hydrogen) atoms. The van der Waals surface area contributed by atoms with Crippen molar-refractivity contribution < 1.29 is 14.3 Å². The second kappa shape index (κ2) is 9.49. The number of rotatable bonds is 5. The van der Waals surface area contributed by atoms with Crippen LogP contribution in [0, 0.1) is 11.8 Å². The number of fused-ring (bicyclic) bond motifs is 1. The molecule has 2 aliphatic rings. The van der Waals surface area contributed by atoms with E-state index in [1.807, 2.05) is 35.2 Å². The summed E-state index contributed by atoms with van der Waals surface area (Å²) in [5, 5.41) is 2.75. The zero-order chi connectivity index (χ0) is 20.4. The summed E-state index contributed by atoms with van der Waals surface area (Å²) in [6.45, 7) is 2.49. The molecule has 2 aromatic carbocycles. The minimum Gasteiger partial charge on any atom is -0.497 e. The molecule has 2 saturated heterocycles. The van der Waals surface area contributed by atoms with Gasteiger partial charge in [-0.15, -0.1) is 12.4 Å². The van der Waals surface area contributed by atoms with Gasteiger partial charge in [0.15, 0.2) is 0 Å². The van der Waals surface area contributed by atoms with Gasteiger partial charge in [-0.2, -0.15) is 0 Å². The highest BCUT2D eigenvalue weighted by molar-refractivity contribution is 5.96. The largest absolute Gasteiger partial charge is 0.497 e. The Labute approximate surface area is 183 Å². The Morgan fingerprint density at radius 1 is 1.03 bits per heavy atom. The Hall–Kier alpha value is -2.57. The van der Waals surface area contributed by atoms with Crippen molar-refractivity contribution in [1.82, 2.24) is 15.1 Å². The number of amides is 2. The molecule has 0 aromatic heterocycles. The van der Waals surface area contributed by atoms with Gasteiger partial charge < -0.3 is 15.0 Å². The third-order valence-corrected chi connectivity index (χ3v) is 6.14. The van der Waals surface area contributed by atoms with Crippen LogP contribution >= 0.6 is 12.4 Å². The SMILES string of the molecule is COc1ccc([C@H]2[C@@H]3CN(C(=O)CNC(=O)c4ccccc4)C[C@@H]3CN2C)cc1.Cl. The van der Waals surface area contributed by atoms with Crippen LogP contribution in [0.15, 0.2) is 54.6 Å². The number of methoxy groups -OCH3 is 1.